The number of nitrogens with one attached hydrogen (secondary N) is 1. The van der Waals surface area contributed by atoms with Crippen LogP contribution in [-0.4, -0.2) is 34.5 Å². The normalized spacial score (nSPS) is 19.6. The number of imide groups is 1. The zero-order chi connectivity index (χ0) is 13.1. The highest BCUT2D eigenvalue weighted by atomic mass is 16.4. The molecule has 1 fully saturated rings. The van der Waals surface area contributed by atoms with E-state index in [1.54, 1.807) is 0 Å². The fourth-order valence-corrected chi connectivity index (χ4v) is 1.86. The Bertz CT molecular complexity index is 468. The Morgan fingerprint density at radius 1 is 1.33 bits per heavy atom. The van der Waals surface area contributed by atoms with Crippen molar-refractivity contribution in [1.82, 2.24) is 10.2 Å². The van der Waals surface area contributed by atoms with Gasteiger partial charge in [0.25, 0.3) is 0 Å². The number of aliphatic carboxylic acids is 1. The van der Waals surface area contributed by atoms with Gasteiger partial charge in [0.15, 0.2) is 0 Å². The van der Waals surface area contributed by atoms with Crippen molar-refractivity contribution in [3.8, 4) is 0 Å². The molecule has 1 aliphatic rings. The topological polar surface area (TPSA) is 86.7 Å². The van der Waals surface area contributed by atoms with Crippen molar-refractivity contribution in [3.63, 3.8) is 0 Å². The molecule has 6 heteroatoms. The number of rotatable bonds is 3. The van der Waals surface area contributed by atoms with Crippen LogP contribution in [0.3, 0.4) is 0 Å². The van der Waals surface area contributed by atoms with Crippen LogP contribution in [0.25, 0.3) is 0 Å². The molecule has 94 valence electrons. The lowest BCUT2D eigenvalue weighted by Crippen LogP contribution is -2.52. The van der Waals surface area contributed by atoms with Gasteiger partial charge in [-0.05, 0) is 5.56 Å². The molecule has 0 saturated carbocycles. The average molecular weight is 248 g/mol. The lowest BCUT2D eigenvalue weighted by molar-refractivity contribution is -0.143. The second kappa shape index (κ2) is 4.87. The van der Waals surface area contributed by atoms with Crippen molar-refractivity contribution in [2.75, 3.05) is 6.54 Å². The molecule has 0 radical (unpaired) electrons. The molecule has 1 aliphatic heterocycles. The second-order valence-corrected chi connectivity index (χ2v) is 3.99. The summed E-state index contributed by atoms with van der Waals surface area (Å²) in [6, 6.07) is 8.03. The molecule has 0 spiro atoms. The number of hydrogen-bond donors (Lipinski definition) is 2. The predicted octanol–water partition coefficient (Wildman–Crippen LogP) is 0.754. The molecule has 1 atom stereocenters. The lowest BCUT2D eigenvalue weighted by atomic mass is 10.0. The molecular weight excluding hydrogens is 236 g/mol. The molecule has 2 N–H and O–H groups in total. The van der Waals surface area contributed by atoms with Gasteiger partial charge in [-0.2, -0.15) is 0 Å². The number of nitrogens with zero attached hydrogens (tertiary/aromatic N) is 1. The summed E-state index contributed by atoms with van der Waals surface area (Å²) >= 11 is 0. The molecule has 1 unspecified atom stereocenters. The molecule has 1 heterocycles. The van der Waals surface area contributed by atoms with Gasteiger partial charge in [-0.15, -0.1) is 0 Å². The highest BCUT2D eigenvalue weighted by Gasteiger charge is 2.33. The van der Waals surface area contributed by atoms with E-state index in [0.717, 1.165) is 5.56 Å². The molecule has 1 aromatic carbocycles. The zero-order valence-corrected chi connectivity index (χ0v) is 9.50. The summed E-state index contributed by atoms with van der Waals surface area (Å²) in [4.78, 5) is 34.6. The molecule has 18 heavy (non-hydrogen) atoms. The third kappa shape index (κ3) is 2.48. The minimum absolute atomic E-state index is 0.0725. The number of carbonyl (C=O) groups is 3. The third-order valence-corrected chi connectivity index (χ3v) is 2.72. The molecular formula is C12H12N2O4. The summed E-state index contributed by atoms with van der Waals surface area (Å²) in [5.74, 6) is -1.69. The maximum atomic E-state index is 11.7. The van der Waals surface area contributed by atoms with E-state index < -0.39 is 30.5 Å². The van der Waals surface area contributed by atoms with Gasteiger partial charge in [0, 0.05) is 0 Å². The number of carbonyl (C=O) groups excluding carboxylic acids is 2. The van der Waals surface area contributed by atoms with Crippen LogP contribution in [0.1, 0.15) is 18.0 Å². The van der Waals surface area contributed by atoms with E-state index >= 15 is 0 Å². The fraction of sp³-hybridized carbons (Fsp3) is 0.250. The summed E-state index contributed by atoms with van der Waals surface area (Å²) < 4.78 is 0. The maximum Gasteiger partial charge on any atom is 0.325 e. The van der Waals surface area contributed by atoms with Crippen molar-refractivity contribution in [3.05, 3.63) is 35.9 Å². The van der Waals surface area contributed by atoms with Crippen molar-refractivity contribution >= 4 is 17.9 Å². The Morgan fingerprint density at radius 2 is 2.00 bits per heavy atom. The summed E-state index contributed by atoms with van der Waals surface area (Å²) in [7, 11) is 0. The van der Waals surface area contributed by atoms with Crippen LogP contribution in [0, 0.1) is 0 Å². The first kappa shape index (κ1) is 12.1. The molecule has 3 amide bonds. The van der Waals surface area contributed by atoms with E-state index in [4.69, 9.17) is 5.11 Å². The SMILES string of the molecule is O=C(O)CN1C(=O)CC(c2ccccc2)NC1=O. The van der Waals surface area contributed by atoms with Crippen molar-refractivity contribution in [2.24, 2.45) is 0 Å². The molecule has 6 nitrogen and oxygen atoms in total. The summed E-state index contributed by atoms with van der Waals surface area (Å²) in [6.45, 7) is -0.605. The van der Waals surface area contributed by atoms with Gasteiger partial charge in [-0.25, -0.2) is 4.79 Å². The Morgan fingerprint density at radius 3 is 2.56 bits per heavy atom. The Labute approximate surface area is 103 Å². The molecule has 0 aromatic heterocycles. The van der Waals surface area contributed by atoms with E-state index in [1.165, 1.54) is 0 Å². The van der Waals surface area contributed by atoms with E-state index in [0.29, 0.717) is 4.90 Å². The number of carboxylic acids is 1. The van der Waals surface area contributed by atoms with Crippen LogP contribution in [-0.2, 0) is 9.59 Å². The quantitative estimate of drug-likeness (QED) is 0.826. The Kier molecular flexibility index (Phi) is 3.27. The minimum atomic E-state index is -1.21. The molecule has 1 saturated heterocycles. The van der Waals surface area contributed by atoms with Gasteiger partial charge in [-0.3, -0.25) is 14.5 Å². The van der Waals surface area contributed by atoms with Crippen LogP contribution in [0.5, 0.6) is 0 Å². The summed E-state index contributed by atoms with van der Waals surface area (Å²) in [5.41, 5.74) is 0.828. The van der Waals surface area contributed by atoms with Crippen LogP contribution in [0.15, 0.2) is 30.3 Å². The number of carboxylic acid groups (broad SMARTS) is 1. The fourth-order valence-electron chi connectivity index (χ4n) is 1.86. The maximum absolute atomic E-state index is 11.7. The Hall–Kier alpha value is -2.37. The predicted molar refractivity (Wildman–Crippen MR) is 61.7 cm³/mol. The average Bonchev–Trinajstić information content (AvgIpc) is 2.34. The minimum Gasteiger partial charge on any atom is -0.480 e. The van der Waals surface area contributed by atoms with Gasteiger partial charge in [-0.1, -0.05) is 30.3 Å². The first-order valence-corrected chi connectivity index (χ1v) is 5.45. The smallest absolute Gasteiger partial charge is 0.325 e. The second-order valence-electron chi connectivity index (χ2n) is 3.99. The van der Waals surface area contributed by atoms with E-state index in [-0.39, 0.29) is 6.42 Å². The van der Waals surface area contributed by atoms with Crippen LogP contribution in [0.2, 0.25) is 0 Å². The number of amides is 3. The van der Waals surface area contributed by atoms with E-state index in [2.05, 4.69) is 5.32 Å². The van der Waals surface area contributed by atoms with Gasteiger partial charge in [0.1, 0.15) is 6.54 Å². The van der Waals surface area contributed by atoms with Crippen LogP contribution >= 0.6 is 0 Å². The first-order valence-electron chi connectivity index (χ1n) is 5.45. The van der Waals surface area contributed by atoms with Crippen LogP contribution in [0.4, 0.5) is 4.79 Å². The summed E-state index contributed by atoms with van der Waals surface area (Å²) in [5, 5.41) is 11.2. The van der Waals surface area contributed by atoms with E-state index in [9.17, 15) is 14.4 Å². The molecule has 0 bridgehead atoms. The third-order valence-electron chi connectivity index (χ3n) is 2.72. The van der Waals surface area contributed by atoms with Crippen molar-refractivity contribution in [2.45, 2.75) is 12.5 Å². The largest absolute Gasteiger partial charge is 0.480 e. The van der Waals surface area contributed by atoms with E-state index in [1.807, 2.05) is 30.3 Å². The number of benzene rings is 1. The standard InChI is InChI=1S/C12H12N2O4/c15-10-6-9(8-4-2-1-3-5-8)13-12(18)14(10)7-11(16)17/h1-5,9H,6-7H2,(H,13,18)(H,16,17). The van der Waals surface area contributed by atoms with Crippen molar-refractivity contribution < 1.29 is 19.5 Å². The zero-order valence-electron chi connectivity index (χ0n) is 9.50. The number of hydrogen-bond acceptors (Lipinski definition) is 3. The first-order chi connectivity index (χ1) is 8.58. The lowest BCUT2D eigenvalue weighted by Gasteiger charge is -2.30. The highest BCUT2D eigenvalue weighted by Crippen LogP contribution is 2.21. The van der Waals surface area contributed by atoms with Crippen LogP contribution < -0.4 is 5.32 Å². The molecule has 0 aliphatic carbocycles. The monoisotopic (exact) mass is 248 g/mol. The van der Waals surface area contributed by atoms with Gasteiger partial charge in [0.05, 0.1) is 12.5 Å². The molecule has 1 aromatic rings. The van der Waals surface area contributed by atoms with Gasteiger partial charge >= 0.3 is 12.0 Å². The van der Waals surface area contributed by atoms with Gasteiger partial charge in [0.2, 0.25) is 5.91 Å². The highest BCUT2D eigenvalue weighted by molar-refractivity contribution is 5.99. The Balaban J connectivity index is 2.12. The van der Waals surface area contributed by atoms with Crippen molar-refractivity contribution in [1.29, 1.82) is 0 Å². The van der Waals surface area contributed by atoms with Gasteiger partial charge < -0.3 is 10.4 Å². The summed E-state index contributed by atoms with van der Waals surface area (Å²) in [6.07, 6.45) is 0.0725. The number of urea groups is 1. The molecule has 2 rings (SSSR count).